The number of nitrogens with one attached hydrogen (secondary N) is 1. The summed E-state index contributed by atoms with van der Waals surface area (Å²) in [6.07, 6.45) is 0.915. The summed E-state index contributed by atoms with van der Waals surface area (Å²) >= 11 is 0. The van der Waals surface area contributed by atoms with Crippen LogP contribution in [0.3, 0.4) is 0 Å². The molecule has 1 N–H and O–H groups in total. The summed E-state index contributed by atoms with van der Waals surface area (Å²) in [5.41, 5.74) is 0. The molecule has 1 amide bonds. The molecule has 0 aliphatic rings. The highest BCUT2D eigenvalue weighted by molar-refractivity contribution is 5.80. The minimum atomic E-state index is -0.0532. The number of amides is 1. The first-order valence-corrected chi connectivity index (χ1v) is 6.92. The van der Waals surface area contributed by atoms with Crippen molar-refractivity contribution in [3.63, 3.8) is 0 Å². The molecule has 0 spiro atoms. The van der Waals surface area contributed by atoms with E-state index in [1.807, 2.05) is 27.7 Å². The fourth-order valence-corrected chi connectivity index (χ4v) is 1.30. The molecule has 5 nitrogen and oxygen atoms in total. The number of hydrogen-bond donors (Lipinski definition) is 1. The zero-order chi connectivity index (χ0) is 14.7. The number of ketones is 1. The van der Waals surface area contributed by atoms with E-state index in [1.54, 1.807) is 0 Å². The molecule has 0 saturated carbocycles. The molecule has 0 saturated heterocycles. The highest BCUT2D eigenvalue weighted by Crippen LogP contribution is 1.98. The molecule has 0 rings (SSSR count). The van der Waals surface area contributed by atoms with Crippen LogP contribution in [0.2, 0.25) is 0 Å². The fraction of sp³-hybridized carbons (Fsp3) is 0.857. The smallest absolute Gasteiger partial charge is 0.222 e. The fourth-order valence-electron chi connectivity index (χ4n) is 1.30. The van der Waals surface area contributed by atoms with Gasteiger partial charge in [-0.2, -0.15) is 0 Å². The van der Waals surface area contributed by atoms with Gasteiger partial charge in [-0.1, -0.05) is 13.8 Å². The van der Waals surface area contributed by atoms with Crippen molar-refractivity contribution in [3.8, 4) is 0 Å². The second-order valence-electron chi connectivity index (χ2n) is 5.00. The van der Waals surface area contributed by atoms with Gasteiger partial charge >= 0.3 is 0 Å². The Morgan fingerprint density at radius 2 is 1.68 bits per heavy atom. The topological polar surface area (TPSA) is 64.6 Å². The zero-order valence-corrected chi connectivity index (χ0v) is 12.5. The summed E-state index contributed by atoms with van der Waals surface area (Å²) in [5.74, 6) is 0.186. The highest BCUT2D eigenvalue weighted by Gasteiger charge is 2.07. The Labute approximate surface area is 117 Å². The summed E-state index contributed by atoms with van der Waals surface area (Å²) in [7, 11) is 0. The minimum Gasteiger partial charge on any atom is -0.380 e. The molecule has 0 heterocycles. The molecule has 0 aromatic heterocycles. The van der Waals surface area contributed by atoms with E-state index in [4.69, 9.17) is 9.47 Å². The lowest BCUT2D eigenvalue weighted by atomic mass is 10.1. The van der Waals surface area contributed by atoms with E-state index in [2.05, 4.69) is 5.32 Å². The van der Waals surface area contributed by atoms with Gasteiger partial charge in [-0.15, -0.1) is 0 Å². The third-order valence-electron chi connectivity index (χ3n) is 2.49. The Morgan fingerprint density at radius 3 is 2.26 bits per heavy atom. The van der Waals surface area contributed by atoms with Gasteiger partial charge in [0.15, 0.2) is 0 Å². The van der Waals surface area contributed by atoms with Gasteiger partial charge in [-0.25, -0.2) is 0 Å². The molecule has 0 aromatic carbocycles. The molecular weight excluding hydrogens is 246 g/mol. The molecule has 19 heavy (non-hydrogen) atoms. The van der Waals surface area contributed by atoms with Crippen molar-refractivity contribution < 1.29 is 20.5 Å². The number of rotatable bonds is 11. The van der Waals surface area contributed by atoms with Crippen LogP contribution in [0.1, 0.15) is 42.0 Å². The van der Waals surface area contributed by atoms with Crippen LogP contribution in [-0.2, 0) is 19.1 Å². The lowest BCUT2D eigenvalue weighted by molar-refractivity contribution is -0.123. The van der Waals surface area contributed by atoms with Gasteiger partial charge in [-0.05, 0) is 13.8 Å². The number of Topliss-reactive ketones (excluding diaryl/α,β-unsaturated/α-hetero) is 1. The molecule has 0 bridgehead atoms. The predicted octanol–water partition coefficient (Wildman–Crippen LogP) is 1.80. The monoisotopic (exact) mass is 275 g/mol. The second-order valence-corrected chi connectivity index (χ2v) is 5.00. The Morgan fingerprint density at radius 1 is 1.05 bits per heavy atom. The molecule has 0 aromatic rings. The molecular formula is C14H29NO4. The normalized spacial score (nSPS) is 11.1. The Kier molecular flexibility index (Phi) is 10.4. The summed E-state index contributed by atoms with van der Waals surface area (Å²) in [5, 5.41) is 2.75. The third kappa shape index (κ3) is 11.9. The number of carbonyl (C=O) groups is 2. The van der Waals surface area contributed by atoms with Gasteiger partial charge in [0, 0.05) is 26.7 Å². The van der Waals surface area contributed by atoms with E-state index < -0.39 is 0 Å². The lowest BCUT2D eigenvalue weighted by Crippen LogP contribution is -2.28. The molecule has 0 unspecified atom stereocenters. The van der Waals surface area contributed by atoms with E-state index in [0.29, 0.717) is 39.2 Å². The largest absolute Gasteiger partial charge is 0.380 e. The van der Waals surface area contributed by atoms with E-state index >= 15 is 0 Å². The van der Waals surface area contributed by atoms with Gasteiger partial charge in [0.1, 0.15) is 5.78 Å². The average molecular weight is 275 g/mol. The number of ether oxygens (including phenoxy) is 2. The van der Waals surface area contributed by atoms with Crippen LogP contribution >= 0.6 is 0 Å². The van der Waals surface area contributed by atoms with Crippen LogP contribution in [0.15, 0.2) is 0 Å². The molecule has 0 aliphatic carbocycles. The second kappa shape index (κ2) is 10.9. The molecule has 5 heteroatoms. The number of carbonyl (C=O) groups excluding carboxylic acids is 2. The first kappa shape index (κ1) is 18.1. The Balaban J connectivity index is 0. The molecule has 114 valence electrons. The summed E-state index contributed by atoms with van der Waals surface area (Å²) in [6.45, 7) is 9.42. The maximum Gasteiger partial charge on any atom is 0.222 e. The van der Waals surface area contributed by atoms with E-state index in [-0.39, 0.29) is 25.1 Å². The predicted molar refractivity (Wildman–Crippen MR) is 76.1 cm³/mol. The average Bonchev–Trinajstić information content (AvgIpc) is 2.33. The minimum absolute atomic E-state index is 0. The van der Waals surface area contributed by atoms with Gasteiger partial charge in [0.05, 0.1) is 25.9 Å². The Bertz CT molecular complexity index is 270. The van der Waals surface area contributed by atoms with Crippen molar-refractivity contribution in [2.24, 2.45) is 5.92 Å². The highest BCUT2D eigenvalue weighted by atomic mass is 16.5. The lowest BCUT2D eigenvalue weighted by Gasteiger charge is -2.09. The van der Waals surface area contributed by atoms with Crippen molar-refractivity contribution >= 4 is 11.7 Å². The summed E-state index contributed by atoms with van der Waals surface area (Å²) in [6, 6.07) is 0. The van der Waals surface area contributed by atoms with Crippen LogP contribution in [0.25, 0.3) is 0 Å². The SMILES string of the molecule is CC(C)OCCNC(=O)CCOCCC(=O)C(C)C.[HH]. The van der Waals surface area contributed by atoms with Crippen molar-refractivity contribution in [3.05, 3.63) is 0 Å². The third-order valence-corrected chi connectivity index (χ3v) is 2.49. The Hall–Kier alpha value is -0.940. The molecule has 0 radical (unpaired) electrons. The first-order chi connectivity index (χ1) is 8.93. The van der Waals surface area contributed by atoms with Crippen molar-refractivity contribution in [2.75, 3.05) is 26.4 Å². The van der Waals surface area contributed by atoms with Gasteiger partial charge < -0.3 is 14.8 Å². The summed E-state index contributed by atoms with van der Waals surface area (Å²) < 4.78 is 10.6. The van der Waals surface area contributed by atoms with Crippen LogP contribution in [0.5, 0.6) is 0 Å². The van der Waals surface area contributed by atoms with Crippen LogP contribution in [0.4, 0.5) is 0 Å². The van der Waals surface area contributed by atoms with Gasteiger partial charge in [0.25, 0.3) is 0 Å². The molecule has 0 aliphatic heterocycles. The van der Waals surface area contributed by atoms with Crippen LogP contribution in [0, 0.1) is 5.92 Å². The maximum absolute atomic E-state index is 11.4. The van der Waals surface area contributed by atoms with Crippen molar-refractivity contribution in [1.29, 1.82) is 0 Å². The standard InChI is InChI=1S/C14H27NO4.H2/c1-11(2)13(16)5-8-18-9-6-14(17)15-7-10-19-12(3)4;/h11-12H,5-10H2,1-4H3,(H,15,17);1H. The van der Waals surface area contributed by atoms with Crippen LogP contribution in [-0.4, -0.2) is 44.2 Å². The quantitative estimate of drug-likeness (QED) is 0.584. The zero-order valence-electron chi connectivity index (χ0n) is 12.5. The first-order valence-electron chi connectivity index (χ1n) is 6.92. The number of hydrogen-bond acceptors (Lipinski definition) is 4. The maximum atomic E-state index is 11.4. The van der Waals surface area contributed by atoms with Crippen LogP contribution < -0.4 is 5.32 Å². The molecule has 0 fully saturated rings. The van der Waals surface area contributed by atoms with E-state index in [9.17, 15) is 9.59 Å². The molecule has 0 atom stereocenters. The van der Waals surface area contributed by atoms with Gasteiger partial charge in [-0.3, -0.25) is 9.59 Å². The van der Waals surface area contributed by atoms with E-state index in [0.717, 1.165) is 0 Å². The van der Waals surface area contributed by atoms with Gasteiger partial charge in [0.2, 0.25) is 5.91 Å². The van der Waals surface area contributed by atoms with E-state index in [1.165, 1.54) is 0 Å². The van der Waals surface area contributed by atoms with Crippen molar-refractivity contribution in [1.82, 2.24) is 5.32 Å². The van der Waals surface area contributed by atoms with Crippen molar-refractivity contribution in [2.45, 2.75) is 46.6 Å². The summed E-state index contributed by atoms with van der Waals surface area (Å²) in [4.78, 5) is 22.7.